The van der Waals surface area contributed by atoms with Gasteiger partial charge in [0.2, 0.25) is 0 Å². The number of pyridine rings is 1. The Kier molecular flexibility index (Phi) is 5.39. The maximum atomic E-state index is 14.5. The maximum absolute atomic E-state index is 14.5. The van der Waals surface area contributed by atoms with Gasteiger partial charge in [-0.25, -0.2) is 4.39 Å². The molecule has 0 unspecified atom stereocenters. The van der Waals surface area contributed by atoms with Crippen molar-refractivity contribution in [3.05, 3.63) is 69.4 Å². The van der Waals surface area contributed by atoms with Crippen LogP contribution in [0.4, 0.5) is 10.1 Å². The fraction of sp³-hybridized carbons (Fsp3) is 0.211. The van der Waals surface area contributed by atoms with Crippen molar-refractivity contribution in [3.8, 4) is 0 Å². The van der Waals surface area contributed by atoms with Gasteiger partial charge in [-0.2, -0.15) is 0 Å². The van der Waals surface area contributed by atoms with Crippen molar-refractivity contribution in [2.45, 2.75) is 13.8 Å². The van der Waals surface area contributed by atoms with Crippen LogP contribution >= 0.6 is 23.2 Å². The summed E-state index contributed by atoms with van der Waals surface area (Å²) in [6.07, 6.45) is 3.47. The van der Waals surface area contributed by atoms with Crippen molar-refractivity contribution in [1.29, 1.82) is 0 Å². The monoisotopic (exact) mass is 390 g/mol. The van der Waals surface area contributed by atoms with Crippen LogP contribution in [0.15, 0.2) is 52.2 Å². The smallest absolute Gasteiger partial charge is 0.151 e. The molecule has 0 saturated carbocycles. The van der Waals surface area contributed by atoms with Crippen LogP contribution in [0.5, 0.6) is 0 Å². The third kappa shape index (κ3) is 3.13. The molecule has 2 aromatic rings. The summed E-state index contributed by atoms with van der Waals surface area (Å²) in [6, 6.07) is 6.43. The van der Waals surface area contributed by atoms with Crippen molar-refractivity contribution >= 4 is 40.4 Å². The topological polar surface area (TPSA) is 40.9 Å². The summed E-state index contributed by atoms with van der Waals surface area (Å²) in [5.74, 6) is 0.292. The van der Waals surface area contributed by atoms with Crippen LogP contribution in [0.1, 0.15) is 25.1 Å². The average Bonchev–Trinajstić information content (AvgIpc) is 2.81. The van der Waals surface area contributed by atoms with Gasteiger partial charge < -0.3 is 4.90 Å². The minimum Gasteiger partial charge on any atom is -0.301 e. The number of aromatic nitrogens is 1. The van der Waals surface area contributed by atoms with Crippen LogP contribution in [0.25, 0.3) is 0 Å². The van der Waals surface area contributed by atoms with Crippen molar-refractivity contribution < 1.29 is 4.39 Å². The predicted octanol–water partition coefficient (Wildman–Crippen LogP) is 5.14. The molecule has 7 heteroatoms. The Morgan fingerprint density at radius 3 is 2.73 bits per heavy atom. The van der Waals surface area contributed by atoms with E-state index in [4.69, 9.17) is 23.2 Å². The number of anilines is 1. The lowest BCUT2D eigenvalue weighted by molar-refractivity contribution is 0.618. The third-order valence-corrected chi connectivity index (χ3v) is 5.00. The van der Waals surface area contributed by atoms with Gasteiger partial charge in [-0.1, -0.05) is 29.3 Å². The van der Waals surface area contributed by atoms with Crippen LogP contribution in [-0.2, 0) is 0 Å². The fourth-order valence-electron chi connectivity index (χ4n) is 2.87. The molecule has 3 rings (SSSR count). The maximum Gasteiger partial charge on any atom is 0.151 e. The van der Waals surface area contributed by atoms with E-state index in [1.54, 1.807) is 13.1 Å². The number of fused-ring (bicyclic) bond motifs is 1. The summed E-state index contributed by atoms with van der Waals surface area (Å²) >= 11 is 12.8. The summed E-state index contributed by atoms with van der Waals surface area (Å²) in [7, 11) is 1.71. The molecule has 0 atom stereocenters. The molecule has 1 aliphatic heterocycles. The molecule has 0 radical (unpaired) electrons. The molecule has 0 N–H and O–H groups in total. The number of hydrogen-bond acceptors (Lipinski definition) is 3. The molecule has 1 aromatic carbocycles. The Morgan fingerprint density at radius 2 is 2.08 bits per heavy atom. The van der Waals surface area contributed by atoms with Gasteiger partial charge in [-0.05, 0) is 38.1 Å². The molecule has 26 heavy (non-hydrogen) atoms. The second-order valence-electron chi connectivity index (χ2n) is 5.64. The van der Waals surface area contributed by atoms with Gasteiger partial charge in [0.05, 0.1) is 28.0 Å². The zero-order chi connectivity index (χ0) is 18.8. The zero-order valence-electron chi connectivity index (χ0n) is 14.6. The average molecular weight is 391 g/mol. The van der Waals surface area contributed by atoms with Gasteiger partial charge in [0, 0.05) is 24.5 Å². The summed E-state index contributed by atoms with van der Waals surface area (Å²) in [5, 5.41) is 0.670. The van der Waals surface area contributed by atoms with E-state index < -0.39 is 5.82 Å². The number of nitrogens with zero attached hydrogens (tertiary/aromatic N) is 4. The van der Waals surface area contributed by atoms with Gasteiger partial charge in [-0.15, -0.1) is 0 Å². The Labute approximate surface area is 161 Å². The molecular weight excluding hydrogens is 374 g/mol. The standard InChI is InChI=1S/C19H17Cl2FN4/c1-4-12-10-25-19(18-14(22)6-5-9-24-18)16-15(26(12)11(2)23-3)8-7-13(20)17(16)21/h4-9H,10H2,1-3H3/b12-4-,23-11-. The molecule has 1 aliphatic rings. The molecule has 134 valence electrons. The summed E-state index contributed by atoms with van der Waals surface area (Å²) in [5.41, 5.74) is 2.69. The van der Waals surface area contributed by atoms with Gasteiger partial charge in [0.15, 0.2) is 5.82 Å². The number of rotatable bonds is 1. The summed E-state index contributed by atoms with van der Waals surface area (Å²) in [6.45, 7) is 4.14. The van der Waals surface area contributed by atoms with E-state index in [1.165, 1.54) is 18.3 Å². The number of allylic oxidation sites excluding steroid dienone is 1. The molecule has 0 bridgehead atoms. The molecule has 1 aromatic heterocycles. The molecule has 2 heterocycles. The van der Waals surface area contributed by atoms with Crippen molar-refractivity contribution in [1.82, 2.24) is 4.98 Å². The van der Waals surface area contributed by atoms with Crippen molar-refractivity contribution in [2.75, 3.05) is 18.5 Å². The van der Waals surface area contributed by atoms with Gasteiger partial charge in [0.1, 0.15) is 11.5 Å². The highest BCUT2D eigenvalue weighted by atomic mass is 35.5. The predicted molar refractivity (Wildman–Crippen MR) is 106 cm³/mol. The molecule has 0 fully saturated rings. The van der Waals surface area contributed by atoms with E-state index >= 15 is 0 Å². The van der Waals surface area contributed by atoms with Crippen LogP contribution in [-0.4, -0.2) is 30.1 Å². The molecular formula is C19H17Cl2FN4. The number of aliphatic imine (C=N–C) groups is 2. The second kappa shape index (κ2) is 7.56. The van der Waals surface area contributed by atoms with Crippen molar-refractivity contribution in [3.63, 3.8) is 0 Å². The van der Waals surface area contributed by atoms with Crippen LogP contribution in [0.3, 0.4) is 0 Å². The Hall–Kier alpha value is -2.24. The third-order valence-electron chi connectivity index (χ3n) is 4.20. The first-order valence-electron chi connectivity index (χ1n) is 8.02. The molecule has 0 saturated heterocycles. The summed E-state index contributed by atoms with van der Waals surface area (Å²) in [4.78, 5) is 15.1. The first-order valence-corrected chi connectivity index (χ1v) is 8.77. The Balaban J connectivity index is 2.38. The first-order chi connectivity index (χ1) is 12.5. The number of hydrogen-bond donors (Lipinski definition) is 0. The molecule has 0 amide bonds. The highest BCUT2D eigenvalue weighted by Gasteiger charge is 2.29. The molecule has 0 aliphatic carbocycles. The molecule has 4 nitrogen and oxygen atoms in total. The largest absolute Gasteiger partial charge is 0.301 e. The first kappa shape index (κ1) is 18.5. The van der Waals surface area contributed by atoms with Crippen LogP contribution in [0, 0.1) is 5.82 Å². The fourth-order valence-corrected chi connectivity index (χ4v) is 3.28. The second-order valence-corrected chi connectivity index (χ2v) is 6.43. The quantitative estimate of drug-likeness (QED) is 0.499. The van der Waals surface area contributed by atoms with E-state index in [0.29, 0.717) is 27.9 Å². The normalized spacial score (nSPS) is 16.4. The van der Waals surface area contributed by atoms with Gasteiger partial charge >= 0.3 is 0 Å². The van der Waals surface area contributed by atoms with E-state index in [-0.39, 0.29) is 5.69 Å². The van der Waals surface area contributed by atoms with Crippen LogP contribution < -0.4 is 4.90 Å². The lowest BCUT2D eigenvalue weighted by Gasteiger charge is -2.27. The highest BCUT2D eigenvalue weighted by Crippen LogP contribution is 2.38. The van der Waals surface area contributed by atoms with E-state index in [0.717, 1.165) is 17.2 Å². The van der Waals surface area contributed by atoms with Gasteiger partial charge in [0.25, 0.3) is 0 Å². The van der Waals surface area contributed by atoms with Gasteiger partial charge in [-0.3, -0.25) is 15.0 Å². The van der Waals surface area contributed by atoms with Crippen molar-refractivity contribution in [2.24, 2.45) is 9.98 Å². The summed E-state index contributed by atoms with van der Waals surface area (Å²) < 4.78 is 14.5. The minimum absolute atomic E-state index is 0.140. The van der Waals surface area contributed by atoms with E-state index in [1.807, 2.05) is 30.9 Å². The van der Waals surface area contributed by atoms with E-state index in [2.05, 4.69) is 15.0 Å². The van der Waals surface area contributed by atoms with Crippen LogP contribution in [0.2, 0.25) is 10.0 Å². The lowest BCUT2D eigenvalue weighted by Crippen LogP contribution is -2.29. The number of amidine groups is 1. The SMILES string of the molecule is C/C=C1/CN=C(c2ncccc2F)c2c(ccc(Cl)c2Cl)N1/C(C)=N\C. The minimum atomic E-state index is -0.468. The highest BCUT2D eigenvalue weighted by molar-refractivity contribution is 6.45. The Morgan fingerprint density at radius 1 is 1.31 bits per heavy atom. The van der Waals surface area contributed by atoms with E-state index in [9.17, 15) is 4.39 Å². The zero-order valence-corrected chi connectivity index (χ0v) is 16.1. The molecule has 0 spiro atoms. The lowest BCUT2D eigenvalue weighted by atomic mass is 10.0. The number of benzene rings is 1. The Bertz CT molecular complexity index is 951. The number of halogens is 3. The number of benzodiazepines with no additional fused rings is 1.